The molecular weight excluding hydrogens is 490 g/mol. The minimum atomic E-state index is -0.777. The van der Waals surface area contributed by atoms with Crippen molar-refractivity contribution >= 4 is 23.3 Å². The minimum absolute atomic E-state index is 0.0606. The molecule has 2 amide bonds. The summed E-state index contributed by atoms with van der Waals surface area (Å²) in [4.78, 5) is 53.6. The van der Waals surface area contributed by atoms with Crippen LogP contribution in [0.5, 0.6) is 0 Å². The Labute approximate surface area is 230 Å². The van der Waals surface area contributed by atoms with Crippen LogP contribution in [0.2, 0.25) is 0 Å². The van der Waals surface area contributed by atoms with Crippen LogP contribution < -0.4 is 10.9 Å². The second-order valence-electron chi connectivity index (χ2n) is 11.2. The van der Waals surface area contributed by atoms with Crippen LogP contribution in [0.25, 0.3) is 11.3 Å². The number of carbonyl (C=O) groups is 3. The Balaban J connectivity index is 1.79. The van der Waals surface area contributed by atoms with E-state index < -0.39 is 17.5 Å². The Morgan fingerprint density at radius 3 is 2.15 bits per heavy atom. The van der Waals surface area contributed by atoms with Gasteiger partial charge < -0.3 is 10.2 Å². The molecule has 0 spiro atoms. The molecule has 1 atom stereocenters. The summed E-state index contributed by atoms with van der Waals surface area (Å²) in [6, 6.07) is 21.9. The molecule has 0 fully saturated rings. The molecule has 3 rings (SSSR count). The van der Waals surface area contributed by atoms with Gasteiger partial charge in [-0.15, -0.1) is 0 Å². The van der Waals surface area contributed by atoms with Gasteiger partial charge >= 0.3 is 0 Å². The smallest absolute Gasteiger partial charge is 0.275 e. The van der Waals surface area contributed by atoms with Crippen molar-refractivity contribution in [2.45, 2.75) is 66.0 Å². The first-order valence-corrected chi connectivity index (χ1v) is 13.4. The van der Waals surface area contributed by atoms with Gasteiger partial charge in [-0.25, -0.2) is 0 Å². The highest BCUT2D eigenvalue weighted by Crippen LogP contribution is 2.22. The van der Waals surface area contributed by atoms with Crippen molar-refractivity contribution in [2.75, 3.05) is 12.4 Å². The largest absolute Gasteiger partial charge is 0.334 e. The highest BCUT2D eigenvalue weighted by Gasteiger charge is 2.26. The molecule has 0 bridgehead atoms. The number of rotatable bonds is 11. The average molecular weight is 530 g/mol. The number of aryl methyl sites for hydroxylation is 1. The fourth-order valence-electron chi connectivity index (χ4n) is 4.29. The first-order valence-electron chi connectivity index (χ1n) is 13.4. The number of benzene rings is 2. The van der Waals surface area contributed by atoms with Crippen molar-refractivity contribution < 1.29 is 14.4 Å². The highest BCUT2D eigenvalue weighted by atomic mass is 16.2. The lowest BCUT2D eigenvalue weighted by Crippen LogP contribution is -2.44. The molecule has 1 aromatic heterocycles. The normalized spacial score (nSPS) is 12.0. The SMILES string of the molecule is C[C@@H](C(=O)Nc1ccc(-c2ccccc2)n(CC(=O)CCCc2ccccc2)c1=O)N(C)C(=O)CC(C)(C)C. The van der Waals surface area contributed by atoms with Crippen LogP contribution in [0.15, 0.2) is 77.6 Å². The molecule has 0 radical (unpaired) electrons. The van der Waals surface area contributed by atoms with Crippen LogP contribution in [0.4, 0.5) is 5.69 Å². The van der Waals surface area contributed by atoms with E-state index in [0.717, 1.165) is 17.5 Å². The first kappa shape index (κ1) is 29.6. The maximum absolute atomic E-state index is 13.6. The topological polar surface area (TPSA) is 88.5 Å². The quantitative estimate of drug-likeness (QED) is 0.364. The third-order valence-corrected chi connectivity index (χ3v) is 6.64. The van der Waals surface area contributed by atoms with Crippen molar-refractivity contribution in [2.24, 2.45) is 5.41 Å². The van der Waals surface area contributed by atoms with Crippen LogP contribution >= 0.6 is 0 Å². The van der Waals surface area contributed by atoms with Crippen molar-refractivity contribution in [1.29, 1.82) is 0 Å². The van der Waals surface area contributed by atoms with Crippen LogP contribution in [0.3, 0.4) is 0 Å². The molecule has 7 nitrogen and oxygen atoms in total. The summed E-state index contributed by atoms with van der Waals surface area (Å²) in [6.45, 7) is 7.42. The predicted molar refractivity (Wildman–Crippen MR) is 155 cm³/mol. The van der Waals surface area contributed by atoms with Gasteiger partial charge in [-0.1, -0.05) is 81.4 Å². The molecule has 2 aromatic carbocycles. The van der Waals surface area contributed by atoms with Crippen molar-refractivity contribution in [1.82, 2.24) is 9.47 Å². The van der Waals surface area contributed by atoms with E-state index in [1.54, 1.807) is 26.1 Å². The molecule has 0 aliphatic rings. The number of aromatic nitrogens is 1. The van der Waals surface area contributed by atoms with Gasteiger partial charge in [0.2, 0.25) is 11.8 Å². The van der Waals surface area contributed by atoms with Crippen molar-refractivity contribution in [3.8, 4) is 11.3 Å². The number of anilines is 1. The number of Topliss-reactive ketones (excluding diaryl/α,β-unsaturated/α-hetero) is 1. The Bertz CT molecular complexity index is 1340. The number of ketones is 1. The maximum atomic E-state index is 13.6. The first-order chi connectivity index (χ1) is 18.5. The number of nitrogens with one attached hydrogen (secondary N) is 1. The summed E-state index contributed by atoms with van der Waals surface area (Å²) in [5.41, 5.74) is 1.95. The minimum Gasteiger partial charge on any atom is -0.334 e. The number of hydrogen-bond donors (Lipinski definition) is 1. The van der Waals surface area contributed by atoms with E-state index in [-0.39, 0.29) is 29.3 Å². The highest BCUT2D eigenvalue weighted by molar-refractivity contribution is 5.97. The molecule has 0 aliphatic carbocycles. The van der Waals surface area contributed by atoms with Gasteiger partial charge in [-0.05, 0) is 48.4 Å². The average Bonchev–Trinajstić information content (AvgIpc) is 2.90. The maximum Gasteiger partial charge on any atom is 0.275 e. The zero-order valence-corrected chi connectivity index (χ0v) is 23.6. The van der Waals surface area contributed by atoms with E-state index in [1.807, 2.05) is 81.4 Å². The van der Waals surface area contributed by atoms with Gasteiger partial charge in [0.25, 0.3) is 5.56 Å². The van der Waals surface area contributed by atoms with Crippen LogP contribution in [0, 0.1) is 5.41 Å². The Morgan fingerprint density at radius 2 is 1.54 bits per heavy atom. The van der Waals surface area contributed by atoms with Crippen molar-refractivity contribution in [3.63, 3.8) is 0 Å². The molecule has 0 saturated heterocycles. The third-order valence-electron chi connectivity index (χ3n) is 6.64. The third kappa shape index (κ3) is 8.50. The monoisotopic (exact) mass is 529 g/mol. The molecule has 3 aromatic rings. The van der Waals surface area contributed by atoms with Gasteiger partial charge in [-0.2, -0.15) is 0 Å². The molecule has 39 heavy (non-hydrogen) atoms. The summed E-state index contributed by atoms with van der Waals surface area (Å²) < 4.78 is 1.43. The second-order valence-corrected chi connectivity index (χ2v) is 11.2. The molecule has 1 N–H and O–H groups in total. The molecule has 206 valence electrons. The molecule has 7 heteroatoms. The molecule has 0 aliphatic heterocycles. The van der Waals surface area contributed by atoms with E-state index in [4.69, 9.17) is 0 Å². The Hall–Kier alpha value is -4.00. The zero-order valence-electron chi connectivity index (χ0n) is 23.6. The van der Waals surface area contributed by atoms with Crippen molar-refractivity contribution in [3.05, 3.63) is 88.7 Å². The molecule has 0 saturated carbocycles. The lowest BCUT2D eigenvalue weighted by Gasteiger charge is -2.27. The van der Waals surface area contributed by atoms with E-state index in [1.165, 1.54) is 9.47 Å². The fourth-order valence-corrected chi connectivity index (χ4v) is 4.29. The summed E-state index contributed by atoms with van der Waals surface area (Å²) in [5.74, 6) is -0.678. The van der Waals surface area contributed by atoms with Gasteiger partial charge in [0, 0.05) is 19.9 Å². The standard InChI is InChI=1S/C32H39N3O4/c1-23(34(5)29(37)21-32(2,3)4)30(38)33-27-19-20-28(25-16-10-7-11-17-25)35(31(27)39)22-26(36)18-12-15-24-13-8-6-9-14-24/h6-11,13-14,16-17,19-20,23H,12,15,18,21-22H2,1-5H3,(H,33,38)/t23-/m0/s1. The lowest BCUT2D eigenvalue weighted by atomic mass is 9.91. The number of nitrogens with zero attached hydrogens (tertiary/aromatic N) is 2. The fraction of sp³-hybridized carbons (Fsp3) is 0.375. The van der Waals surface area contributed by atoms with Crippen LogP contribution in [-0.2, 0) is 27.3 Å². The lowest BCUT2D eigenvalue weighted by molar-refractivity contribution is -0.138. The molecule has 0 unspecified atom stereocenters. The Kier molecular flexibility index (Phi) is 9.99. The van der Waals surface area contributed by atoms with Gasteiger partial charge in [0.05, 0.1) is 12.2 Å². The number of carbonyl (C=O) groups excluding carboxylic acids is 3. The van der Waals surface area contributed by atoms with Gasteiger partial charge in [0.15, 0.2) is 5.78 Å². The predicted octanol–water partition coefficient (Wildman–Crippen LogP) is 5.33. The number of likely N-dealkylation sites (N-methyl/N-ethyl adjacent to an activating group) is 1. The summed E-state index contributed by atoms with van der Waals surface area (Å²) in [7, 11) is 1.59. The number of pyridine rings is 1. The molecule has 1 heterocycles. The van der Waals surface area contributed by atoms with E-state index in [9.17, 15) is 19.2 Å². The summed E-state index contributed by atoms with van der Waals surface area (Å²) in [5, 5.41) is 2.69. The number of hydrogen-bond acceptors (Lipinski definition) is 4. The summed E-state index contributed by atoms with van der Waals surface area (Å²) >= 11 is 0. The molecular formula is C32H39N3O4. The van der Waals surface area contributed by atoms with E-state index >= 15 is 0 Å². The zero-order chi connectivity index (χ0) is 28.6. The van der Waals surface area contributed by atoms with Gasteiger partial charge in [0.1, 0.15) is 11.7 Å². The van der Waals surface area contributed by atoms with Gasteiger partial charge in [-0.3, -0.25) is 23.7 Å². The van der Waals surface area contributed by atoms with Crippen LogP contribution in [-0.4, -0.2) is 40.2 Å². The second kappa shape index (κ2) is 13.2. The summed E-state index contributed by atoms with van der Waals surface area (Å²) in [6.07, 6.45) is 2.10. The van der Waals surface area contributed by atoms with E-state index in [0.29, 0.717) is 25.0 Å². The Morgan fingerprint density at radius 1 is 0.923 bits per heavy atom. The van der Waals surface area contributed by atoms with E-state index in [2.05, 4.69) is 5.32 Å². The number of amides is 2. The van der Waals surface area contributed by atoms with Crippen LogP contribution in [0.1, 0.15) is 52.5 Å².